The van der Waals surface area contributed by atoms with Gasteiger partial charge in [-0.3, -0.25) is 10.1 Å². The topological polar surface area (TPSA) is 171 Å². The number of carboxylic acids is 1. The lowest BCUT2D eigenvalue weighted by atomic mass is 10.2. The first kappa shape index (κ1) is 15.8. The van der Waals surface area contributed by atoms with Gasteiger partial charge in [-0.15, -0.1) is 0 Å². The molecule has 1 aliphatic heterocycles. The molecule has 21 heavy (non-hydrogen) atoms. The van der Waals surface area contributed by atoms with Crippen LogP contribution < -0.4 is 21.7 Å². The predicted molar refractivity (Wildman–Crippen MR) is 68.2 cm³/mol. The highest BCUT2D eigenvalue weighted by Gasteiger charge is 2.29. The molecule has 0 aliphatic carbocycles. The van der Waals surface area contributed by atoms with Crippen LogP contribution in [0.2, 0.25) is 0 Å². The van der Waals surface area contributed by atoms with E-state index < -0.39 is 30.1 Å². The third-order valence-corrected chi connectivity index (χ3v) is 2.20. The van der Waals surface area contributed by atoms with Crippen LogP contribution in [0.15, 0.2) is 24.3 Å². The number of carbonyl (C=O) groups excluding carboxylic acids is 3. The van der Waals surface area contributed by atoms with Gasteiger partial charge in [0.15, 0.2) is 6.17 Å². The van der Waals surface area contributed by atoms with Gasteiger partial charge in [-0.2, -0.15) is 0 Å². The molecule has 0 bridgehead atoms. The lowest BCUT2D eigenvalue weighted by Gasteiger charge is -2.05. The van der Waals surface area contributed by atoms with E-state index in [0.29, 0.717) is 0 Å². The Hall–Kier alpha value is -3.30. The molecule has 2 rings (SSSR count). The number of rotatable bonds is 2. The smallest absolute Gasteiger partial charge is 0.339 e. The zero-order valence-electron chi connectivity index (χ0n) is 10.5. The van der Waals surface area contributed by atoms with Crippen LogP contribution in [0.3, 0.4) is 0 Å². The van der Waals surface area contributed by atoms with Crippen LogP contribution in [-0.2, 0) is 4.79 Å². The summed E-state index contributed by atoms with van der Waals surface area (Å²) < 4.78 is 0. The normalized spacial score (nSPS) is 16.1. The zero-order valence-corrected chi connectivity index (χ0v) is 10.5. The van der Waals surface area contributed by atoms with Crippen LogP contribution in [0.5, 0.6) is 5.75 Å². The van der Waals surface area contributed by atoms with Crippen LogP contribution in [0.25, 0.3) is 0 Å². The van der Waals surface area contributed by atoms with Gasteiger partial charge in [0.25, 0.3) is 5.91 Å². The number of primary amides is 1. The quantitative estimate of drug-likeness (QED) is 0.378. The molecule has 0 radical (unpaired) electrons. The number of benzene rings is 1. The second kappa shape index (κ2) is 6.75. The lowest BCUT2D eigenvalue weighted by molar-refractivity contribution is -0.120. The van der Waals surface area contributed by atoms with Crippen molar-refractivity contribution in [2.24, 2.45) is 5.73 Å². The van der Waals surface area contributed by atoms with E-state index in [2.05, 4.69) is 5.32 Å². The molecular formula is C11H12N4O6. The van der Waals surface area contributed by atoms with E-state index in [-0.39, 0.29) is 11.3 Å². The minimum Gasteiger partial charge on any atom is -0.507 e. The molecule has 1 unspecified atom stereocenters. The molecule has 0 aromatic heterocycles. The Morgan fingerprint density at radius 1 is 1.24 bits per heavy atom. The summed E-state index contributed by atoms with van der Waals surface area (Å²) in [5, 5.41) is 23.4. The second-order valence-electron chi connectivity index (χ2n) is 3.73. The summed E-state index contributed by atoms with van der Waals surface area (Å²) in [6.45, 7) is 0. The molecule has 1 aromatic carbocycles. The summed E-state index contributed by atoms with van der Waals surface area (Å²) in [4.78, 5) is 41.5. The fraction of sp³-hybridized carbons (Fsp3) is 0.0909. The van der Waals surface area contributed by atoms with Crippen LogP contribution in [0, 0.1) is 0 Å². The molecule has 10 nitrogen and oxygen atoms in total. The number of carboxylic acid groups (broad SMARTS) is 1. The number of carbonyl (C=O) groups is 4. The third kappa shape index (κ3) is 4.70. The van der Waals surface area contributed by atoms with E-state index in [1.165, 1.54) is 12.1 Å². The Balaban J connectivity index is 0.000000211. The highest BCUT2D eigenvalue weighted by Crippen LogP contribution is 2.14. The van der Waals surface area contributed by atoms with Crippen LogP contribution in [0.1, 0.15) is 10.4 Å². The molecule has 1 heterocycles. The van der Waals surface area contributed by atoms with Gasteiger partial charge >= 0.3 is 18.0 Å². The van der Waals surface area contributed by atoms with Crippen molar-refractivity contribution in [3.05, 3.63) is 29.8 Å². The maximum Gasteiger partial charge on any atom is 0.339 e. The molecule has 1 fully saturated rings. The van der Waals surface area contributed by atoms with Crippen LogP contribution in [0.4, 0.5) is 9.59 Å². The van der Waals surface area contributed by atoms with E-state index in [1.54, 1.807) is 12.1 Å². The van der Waals surface area contributed by atoms with Crippen molar-refractivity contribution < 1.29 is 29.4 Å². The maximum atomic E-state index is 10.7. The second-order valence-corrected chi connectivity index (χ2v) is 3.73. The number of hydrogen-bond donors (Lipinski definition) is 6. The number of nitrogens with two attached hydrogens (primary N) is 1. The Labute approximate surface area is 117 Å². The van der Waals surface area contributed by atoms with E-state index in [9.17, 15) is 19.2 Å². The zero-order chi connectivity index (χ0) is 16.0. The third-order valence-electron chi connectivity index (χ3n) is 2.20. The van der Waals surface area contributed by atoms with Crippen molar-refractivity contribution >= 4 is 23.9 Å². The average Bonchev–Trinajstić information content (AvgIpc) is 2.68. The van der Waals surface area contributed by atoms with Crippen molar-refractivity contribution in [3.63, 3.8) is 0 Å². The van der Waals surface area contributed by atoms with Gasteiger partial charge in [-0.1, -0.05) is 12.1 Å². The van der Waals surface area contributed by atoms with Crippen LogP contribution in [-0.4, -0.2) is 40.3 Å². The number of hydrogen-bond acceptors (Lipinski definition) is 5. The summed E-state index contributed by atoms with van der Waals surface area (Å²) in [6, 6.07) is 4.30. The summed E-state index contributed by atoms with van der Waals surface area (Å²) in [5.41, 5.74) is 4.63. The first-order chi connectivity index (χ1) is 9.81. The van der Waals surface area contributed by atoms with E-state index >= 15 is 0 Å². The van der Waals surface area contributed by atoms with Gasteiger partial charge in [0.2, 0.25) is 0 Å². The maximum absolute atomic E-state index is 10.7. The van der Waals surface area contributed by atoms with Gasteiger partial charge in [0.1, 0.15) is 11.3 Å². The number of urea groups is 2. The SMILES string of the molecule is NC(=O)NC1NC(=O)NC1=O.O=C(O)c1ccccc1O. The number of aromatic hydroxyl groups is 1. The summed E-state index contributed by atoms with van der Waals surface area (Å²) in [5.74, 6) is -1.93. The Bertz CT molecular complexity index is 588. The number of phenols is 1. The molecule has 112 valence electrons. The molecule has 7 N–H and O–H groups in total. The van der Waals surface area contributed by atoms with E-state index in [0.717, 1.165) is 0 Å². The van der Waals surface area contributed by atoms with E-state index in [1.807, 2.05) is 10.6 Å². The van der Waals surface area contributed by atoms with Crippen molar-refractivity contribution in [2.45, 2.75) is 6.17 Å². The number of para-hydroxylation sites is 1. The number of aromatic carboxylic acids is 1. The Kier molecular flexibility index (Phi) is 5.06. The van der Waals surface area contributed by atoms with Crippen molar-refractivity contribution in [1.82, 2.24) is 16.0 Å². The minimum atomic E-state index is -1.11. The Morgan fingerprint density at radius 3 is 2.24 bits per heavy atom. The molecule has 0 spiro atoms. The standard InChI is InChI=1S/C7H6O3.C4H6N4O3/c8-6-4-2-1-3-5(6)7(9)10;5-3(10)6-1-2(9)8-4(11)7-1/h1-4,8H,(H,9,10);1H,(H3,5,6,10)(H2,7,8,9,11). The van der Waals surface area contributed by atoms with Crippen molar-refractivity contribution in [3.8, 4) is 5.75 Å². The first-order valence-electron chi connectivity index (χ1n) is 5.50. The molecule has 1 saturated heterocycles. The summed E-state index contributed by atoms with van der Waals surface area (Å²) in [6.07, 6.45) is -1.04. The van der Waals surface area contributed by atoms with Crippen LogP contribution >= 0.6 is 0 Å². The number of amides is 5. The molecule has 1 atom stereocenters. The van der Waals surface area contributed by atoms with Gasteiger partial charge in [0, 0.05) is 0 Å². The van der Waals surface area contributed by atoms with E-state index in [4.69, 9.17) is 15.9 Å². The molecule has 1 aromatic rings. The average molecular weight is 296 g/mol. The largest absolute Gasteiger partial charge is 0.507 e. The highest BCUT2D eigenvalue weighted by molar-refractivity contribution is 6.05. The molecular weight excluding hydrogens is 284 g/mol. The number of imide groups is 1. The monoisotopic (exact) mass is 296 g/mol. The van der Waals surface area contributed by atoms with Gasteiger partial charge in [-0.25, -0.2) is 14.4 Å². The van der Waals surface area contributed by atoms with Crippen molar-refractivity contribution in [1.29, 1.82) is 0 Å². The Morgan fingerprint density at radius 2 is 1.86 bits per heavy atom. The lowest BCUT2D eigenvalue weighted by Crippen LogP contribution is -2.48. The molecule has 5 amide bonds. The fourth-order valence-corrected chi connectivity index (χ4v) is 1.32. The minimum absolute atomic E-state index is 0.0671. The molecule has 0 saturated carbocycles. The number of nitrogens with one attached hydrogen (secondary N) is 3. The summed E-state index contributed by atoms with van der Waals surface area (Å²) >= 11 is 0. The van der Waals surface area contributed by atoms with Gasteiger partial charge < -0.3 is 26.6 Å². The predicted octanol–water partition coefficient (Wildman–Crippen LogP) is -1.09. The van der Waals surface area contributed by atoms with Gasteiger partial charge in [-0.05, 0) is 12.1 Å². The summed E-state index contributed by atoms with van der Waals surface area (Å²) in [7, 11) is 0. The fourth-order valence-electron chi connectivity index (χ4n) is 1.32. The van der Waals surface area contributed by atoms with Gasteiger partial charge in [0.05, 0.1) is 0 Å². The van der Waals surface area contributed by atoms with Crippen molar-refractivity contribution in [2.75, 3.05) is 0 Å². The molecule has 1 aliphatic rings. The highest BCUT2D eigenvalue weighted by atomic mass is 16.4. The molecule has 10 heteroatoms. The first-order valence-corrected chi connectivity index (χ1v) is 5.50.